The lowest BCUT2D eigenvalue weighted by Gasteiger charge is -2.03. The highest BCUT2D eigenvalue weighted by Gasteiger charge is 2.23. The van der Waals surface area contributed by atoms with E-state index in [9.17, 15) is 0 Å². The van der Waals surface area contributed by atoms with E-state index in [1.54, 1.807) is 6.20 Å². The molecule has 1 aromatic rings. The predicted octanol–water partition coefficient (Wildman–Crippen LogP) is 2.05. The maximum Gasteiger partial charge on any atom is 0.213 e. The number of hydrogen-bond acceptors (Lipinski definition) is 3. The smallest absolute Gasteiger partial charge is 0.213 e. The maximum atomic E-state index is 5.52. The second kappa shape index (κ2) is 3.35. The van der Waals surface area contributed by atoms with E-state index in [1.807, 2.05) is 12.1 Å². The Bertz CT molecular complexity index is 273. The van der Waals surface area contributed by atoms with Crippen LogP contribution in [0.2, 0.25) is 0 Å². The highest BCUT2D eigenvalue weighted by Crippen LogP contribution is 2.25. The van der Waals surface area contributed by atoms with Gasteiger partial charge in [-0.1, -0.05) is 0 Å². The van der Waals surface area contributed by atoms with Crippen molar-refractivity contribution >= 4 is 12.6 Å². The Morgan fingerprint density at radius 3 is 3.08 bits per heavy atom. The highest BCUT2D eigenvalue weighted by molar-refractivity contribution is 7.79. The molecule has 0 atom stereocenters. The zero-order valence-electron chi connectivity index (χ0n) is 6.73. The first-order valence-electron chi connectivity index (χ1n) is 4.11. The summed E-state index contributed by atoms with van der Waals surface area (Å²) in [5.41, 5.74) is 1.16. The molecule has 0 radical (unpaired) electrons. The van der Waals surface area contributed by atoms with Gasteiger partial charge < -0.3 is 4.74 Å². The average molecular weight is 181 g/mol. The Balaban J connectivity index is 2.08. The molecule has 0 spiro atoms. The van der Waals surface area contributed by atoms with Crippen molar-refractivity contribution in [3.63, 3.8) is 0 Å². The van der Waals surface area contributed by atoms with Crippen molar-refractivity contribution in [2.75, 3.05) is 0 Å². The summed E-state index contributed by atoms with van der Waals surface area (Å²) in [6.07, 6.45) is 4.54. The lowest BCUT2D eigenvalue weighted by molar-refractivity contribution is 0.291. The van der Waals surface area contributed by atoms with Gasteiger partial charge in [-0.2, -0.15) is 12.6 Å². The standard InChI is InChI=1S/C9H11NOS/c12-6-7-3-4-10-9(5-7)11-8-1-2-8/h3-5,8,12H,1-2,6H2. The molecule has 0 unspecified atom stereocenters. The SMILES string of the molecule is SCc1ccnc(OC2CC2)c1. The summed E-state index contributed by atoms with van der Waals surface area (Å²) < 4.78 is 5.52. The van der Waals surface area contributed by atoms with Gasteiger partial charge in [0.1, 0.15) is 6.10 Å². The Hall–Kier alpha value is -0.700. The van der Waals surface area contributed by atoms with E-state index in [2.05, 4.69) is 17.6 Å². The molecule has 0 aliphatic heterocycles. The van der Waals surface area contributed by atoms with Crippen LogP contribution in [0.5, 0.6) is 5.88 Å². The van der Waals surface area contributed by atoms with Crippen molar-refractivity contribution in [3.8, 4) is 5.88 Å². The predicted molar refractivity (Wildman–Crippen MR) is 50.6 cm³/mol. The second-order valence-electron chi connectivity index (χ2n) is 2.98. The van der Waals surface area contributed by atoms with Crippen LogP contribution in [0.15, 0.2) is 18.3 Å². The fraction of sp³-hybridized carbons (Fsp3) is 0.444. The monoisotopic (exact) mass is 181 g/mol. The number of pyridine rings is 1. The van der Waals surface area contributed by atoms with Gasteiger partial charge in [-0.05, 0) is 24.5 Å². The van der Waals surface area contributed by atoms with Crippen LogP contribution in [0.4, 0.5) is 0 Å². The van der Waals surface area contributed by atoms with E-state index < -0.39 is 0 Å². The molecule has 1 aliphatic rings. The molecular weight excluding hydrogens is 170 g/mol. The number of thiol groups is 1. The number of nitrogens with zero attached hydrogens (tertiary/aromatic N) is 1. The van der Waals surface area contributed by atoms with Crippen molar-refractivity contribution in [3.05, 3.63) is 23.9 Å². The summed E-state index contributed by atoms with van der Waals surface area (Å²) in [7, 11) is 0. The van der Waals surface area contributed by atoms with Gasteiger partial charge in [-0.15, -0.1) is 0 Å². The van der Waals surface area contributed by atoms with Gasteiger partial charge in [-0.3, -0.25) is 0 Å². The fourth-order valence-electron chi connectivity index (χ4n) is 0.970. The highest BCUT2D eigenvalue weighted by atomic mass is 32.1. The van der Waals surface area contributed by atoms with Crippen LogP contribution < -0.4 is 4.74 Å². The molecule has 0 aromatic carbocycles. The molecule has 1 saturated carbocycles. The first-order valence-corrected chi connectivity index (χ1v) is 4.74. The van der Waals surface area contributed by atoms with Crippen molar-refractivity contribution in [1.29, 1.82) is 0 Å². The largest absolute Gasteiger partial charge is 0.474 e. The number of ether oxygens (including phenoxy) is 1. The minimum atomic E-state index is 0.424. The van der Waals surface area contributed by atoms with Gasteiger partial charge in [0.2, 0.25) is 5.88 Å². The molecule has 1 aliphatic carbocycles. The molecule has 0 saturated heterocycles. The van der Waals surface area contributed by atoms with Crippen LogP contribution in [-0.4, -0.2) is 11.1 Å². The molecule has 1 aromatic heterocycles. The third-order valence-corrected chi connectivity index (χ3v) is 2.16. The molecule has 1 fully saturated rings. The van der Waals surface area contributed by atoms with Gasteiger partial charge in [-0.25, -0.2) is 4.98 Å². The Kier molecular flexibility index (Phi) is 2.21. The van der Waals surface area contributed by atoms with Crippen molar-refractivity contribution in [2.24, 2.45) is 0 Å². The number of rotatable bonds is 3. The van der Waals surface area contributed by atoms with E-state index >= 15 is 0 Å². The molecule has 0 bridgehead atoms. The van der Waals surface area contributed by atoms with Crippen LogP contribution in [0.3, 0.4) is 0 Å². The summed E-state index contributed by atoms with van der Waals surface area (Å²) in [6.45, 7) is 0. The van der Waals surface area contributed by atoms with Gasteiger partial charge in [0.05, 0.1) is 0 Å². The first kappa shape index (κ1) is 7.92. The van der Waals surface area contributed by atoms with E-state index in [4.69, 9.17) is 4.74 Å². The van der Waals surface area contributed by atoms with E-state index in [0.717, 1.165) is 17.2 Å². The topological polar surface area (TPSA) is 22.1 Å². The lowest BCUT2D eigenvalue weighted by atomic mass is 10.3. The van der Waals surface area contributed by atoms with Crippen LogP contribution >= 0.6 is 12.6 Å². The van der Waals surface area contributed by atoms with Gasteiger partial charge in [0.15, 0.2) is 0 Å². The summed E-state index contributed by atoms with van der Waals surface area (Å²) in [5, 5.41) is 0. The van der Waals surface area contributed by atoms with Gasteiger partial charge >= 0.3 is 0 Å². The summed E-state index contributed by atoms with van der Waals surface area (Å²) >= 11 is 4.18. The third-order valence-electron chi connectivity index (χ3n) is 1.79. The van der Waals surface area contributed by atoms with E-state index in [-0.39, 0.29) is 0 Å². The lowest BCUT2D eigenvalue weighted by Crippen LogP contribution is -1.98. The van der Waals surface area contributed by atoms with E-state index in [1.165, 1.54) is 12.8 Å². The van der Waals surface area contributed by atoms with Gasteiger partial charge in [0, 0.05) is 18.0 Å². The minimum absolute atomic E-state index is 0.424. The summed E-state index contributed by atoms with van der Waals surface area (Å²) in [4.78, 5) is 4.11. The fourth-order valence-corrected chi connectivity index (χ4v) is 1.17. The molecule has 1 heterocycles. The molecule has 0 N–H and O–H groups in total. The molecule has 3 heteroatoms. The first-order chi connectivity index (χ1) is 5.88. The van der Waals surface area contributed by atoms with Crippen LogP contribution in [0.25, 0.3) is 0 Å². The molecule has 64 valence electrons. The molecule has 2 nitrogen and oxygen atoms in total. The number of aromatic nitrogens is 1. The van der Waals surface area contributed by atoms with Crippen LogP contribution in [0.1, 0.15) is 18.4 Å². The second-order valence-corrected chi connectivity index (χ2v) is 3.29. The average Bonchev–Trinajstić information content (AvgIpc) is 2.89. The summed E-state index contributed by atoms with van der Waals surface area (Å²) in [6, 6.07) is 3.90. The van der Waals surface area contributed by atoms with Crippen LogP contribution in [0, 0.1) is 0 Å². The van der Waals surface area contributed by atoms with E-state index in [0.29, 0.717) is 6.10 Å². The summed E-state index contributed by atoms with van der Waals surface area (Å²) in [5.74, 6) is 1.48. The Labute approximate surface area is 77.4 Å². The Morgan fingerprint density at radius 1 is 1.58 bits per heavy atom. The zero-order chi connectivity index (χ0) is 8.39. The maximum absolute atomic E-state index is 5.52. The molecular formula is C9H11NOS. The van der Waals surface area contributed by atoms with Crippen molar-refractivity contribution < 1.29 is 4.74 Å². The normalized spacial score (nSPS) is 16.1. The minimum Gasteiger partial charge on any atom is -0.474 e. The number of hydrogen-bond donors (Lipinski definition) is 1. The Morgan fingerprint density at radius 2 is 2.42 bits per heavy atom. The molecule has 12 heavy (non-hydrogen) atoms. The van der Waals surface area contributed by atoms with Crippen LogP contribution in [-0.2, 0) is 5.75 Å². The molecule has 2 rings (SSSR count). The molecule has 0 amide bonds. The van der Waals surface area contributed by atoms with Crippen molar-refractivity contribution in [1.82, 2.24) is 4.98 Å². The third kappa shape index (κ3) is 1.91. The quantitative estimate of drug-likeness (QED) is 0.721. The van der Waals surface area contributed by atoms with Crippen molar-refractivity contribution in [2.45, 2.75) is 24.7 Å². The van der Waals surface area contributed by atoms with Gasteiger partial charge in [0.25, 0.3) is 0 Å². The zero-order valence-corrected chi connectivity index (χ0v) is 7.63.